The SMILES string of the molecule is Cc1cc(C)c(-c2[nH]ncc2C(=O)O)c(C)c1. The summed E-state index contributed by atoms with van der Waals surface area (Å²) < 4.78 is 0. The fraction of sp³-hybridized carbons (Fsp3) is 0.231. The average molecular weight is 230 g/mol. The molecule has 0 radical (unpaired) electrons. The van der Waals surface area contributed by atoms with Crippen LogP contribution in [0.1, 0.15) is 27.0 Å². The number of aromatic carboxylic acids is 1. The highest BCUT2D eigenvalue weighted by Crippen LogP contribution is 2.29. The molecule has 0 aliphatic rings. The standard InChI is InChI=1S/C13H14N2O2/c1-7-4-8(2)11(9(3)5-7)12-10(13(16)17)6-14-15-12/h4-6H,1-3H3,(H,14,15)(H,16,17). The summed E-state index contributed by atoms with van der Waals surface area (Å²) in [6.45, 7) is 5.97. The molecule has 4 heteroatoms. The molecule has 2 rings (SSSR count). The van der Waals surface area contributed by atoms with Gasteiger partial charge in [-0.15, -0.1) is 0 Å². The Hall–Kier alpha value is -2.10. The van der Waals surface area contributed by atoms with E-state index in [1.54, 1.807) is 0 Å². The Bertz CT molecular complexity index is 562. The second-order valence-electron chi connectivity index (χ2n) is 4.24. The van der Waals surface area contributed by atoms with Gasteiger partial charge in [0.1, 0.15) is 5.56 Å². The van der Waals surface area contributed by atoms with Crippen LogP contribution in [0.4, 0.5) is 0 Å². The van der Waals surface area contributed by atoms with Gasteiger partial charge in [0, 0.05) is 5.56 Å². The Morgan fingerprint density at radius 1 is 1.24 bits per heavy atom. The summed E-state index contributed by atoms with van der Waals surface area (Å²) in [5, 5.41) is 15.7. The maximum Gasteiger partial charge on any atom is 0.339 e. The lowest BCUT2D eigenvalue weighted by molar-refractivity contribution is 0.0698. The number of nitrogens with zero attached hydrogens (tertiary/aromatic N) is 1. The van der Waals surface area contributed by atoms with Crippen LogP contribution < -0.4 is 0 Å². The number of aromatic nitrogens is 2. The third-order valence-electron chi connectivity index (χ3n) is 2.80. The molecule has 0 bridgehead atoms. The molecule has 17 heavy (non-hydrogen) atoms. The van der Waals surface area contributed by atoms with Crippen LogP contribution in [0.3, 0.4) is 0 Å². The smallest absolute Gasteiger partial charge is 0.339 e. The number of H-pyrrole nitrogens is 1. The molecule has 1 heterocycles. The van der Waals surface area contributed by atoms with E-state index in [0.717, 1.165) is 16.7 Å². The monoisotopic (exact) mass is 230 g/mol. The lowest BCUT2D eigenvalue weighted by atomic mass is 9.95. The van der Waals surface area contributed by atoms with Crippen molar-refractivity contribution in [3.05, 3.63) is 40.6 Å². The predicted octanol–water partition coefficient (Wildman–Crippen LogP) is 2.70. The number of hydrogen-bond donors (Lipinski definition) is 2. The lowest BCUT2D eigenvalue weighted by Crippen LogP contribution is -1.99. The van der Waals surface area contributed by atoms with Gasteiger partial charge in [-0.1, -0.05) is 17.7 Å². The van der Waals surface area contributed by atoms with E-state index in [1.165, 1.54) is 11.8 Å². The van der Waals surface area contributed by atoms with Crippen LogP contribution in [-0.4, -0.2) is 21.3 Å². The molecule has 0 aliphatic carbocycles. The van der Waals surface area contributed by atoms with Crippen LogP contribution in [0, 0.1) is 20.8 Å². The first kappa shape index (κ1) is 11.4. The van der Waals surface area contributed by atoms with E-state index in [2.05, 4.69) is 10.2 Å². The van der Waals surface area contributed by atoms with E-state index in [1.807, 2.05) is 32.9 Å². The zero-order valence-electron chi connectivity index (χ0n) is 10.0. The van der Waals surface area contributed by atoms with Crippen molar-refractivity contribution < 1.29 is 9.90 Å². The number of aryl methyl sites for hydroxylation is 3. The molecule has 0 atom stereocenters. The van der Waals surface area contributed by atoms with Gasteiger partial charge in [0.2, 0.25) is 0 Å². The van der Waals surface area contributed by atoms with Crippen LogP contribution in [0.25, 0.3) is 11.3 Å². The maximum absolute atomic E-state index is 11.1. The normalized spacial score (nSPS) is 10.5. The molecule has 0 saturated carbocycles. The van der Waals surface area contributed by atoms with E-state index >= 15 is 0 Å². The van der Waals surface area contributed by atoms with Gasteiger partial charge in [0.15, 0.2) is 0 Å². The Balaban J connectivity index is 2.69. The van der Waals surface area contributed by atoms with Gasteiger partial charge in [-0.05, 0) is 31.9 Å². The van der Waals surface area contributed by atoms with E-state index in [-0.39, 0.29) is 5.56 Å². The minimum Gasteiger partial charge on any atom is -0.478 e. The molecule has 1 aromatic carbocycles. The molecular weight excluding hydrogens is 216 g/mol. The molecule has 2 aromatic rings. The molecular formula is C13H14N2O2. The van der Waals surface area contributed by atoms with Crippen molar-refractivity contribution in [3.8, 4) is 11.3 Å². The van der Waals surface area contributed by atoms with Crippen molar-refractivity contribution in [1.29, 1.82) is 0 Å². The number of carbonyl (C=O) groups is 1. The second-order valence-corrected chi connectivity index (χ2v) is 4.24. The van der Waals surface area contributed by atoms with Crippen molar-refractivity contribution >= 4 is 5.97 Å². The Kier molecular flexibility index (Phi) is 2.71. The van der Waals surface area contributed by atoms with Gasteiger partial charge in [0.05, 0.1) is 11.9 Å². The van der Waals surface area contributed by atoms with E-state index in [4.69, 9.17) is 5.11 Å². The van der Waals surface area contributed by atoms with Gasteiger partial charge in [-0.2, -0.15) is 5.10 Å². The number of aromatic amines is 1. The number of nitrogens with one attached hydrogen (secondary N) is 1. The Morgan fingerprint density at radius 2 is 1.82 bits per heavy atom. The molecule has 0 saturated heterocycles. The fourth-order valence-corrected chi connectivity index (χ4v) is 2.21. The zero-order chi connectivity index (χ0) is 12.6. The third kappa shape index (κ3) is 1.93. The quantitative estimate of drug-likeness (QED) is 0.833. The number of carboxylic acid groups (broad SMARTS) is 1. The summed E-state index contributed by atoms with van der Waals surface area (Å²) in [5.41, 5.74) is 4.97. The molecule has 0 aliphatic heterocycles. The predicted molar refractivity (Wildman–Crippen MR) is 65.2 cm³/mol. The van der Waals surface area contributed by atoms with Crippen molar-refractivity contribution in [2.45, 2.75) is 20.8 Å². The Labute approximate surface area is 99.3 Å². The maximum atomic E-state index is 11.1. The molecule has 1 aromatic heterocycles. The minimum absolute atomic E-state index is 0.208. The largest absolute Gasteiger partial charge is 0.478 e. The van der Waals surface area contributed by atoms with Crippen LogP contribution in [0.2, 0.25) is 0 Å². The molecule has 0 amide bonds. The first-order valence-electron chi connectivity index (χ1n) is 5.35. The summed E-state index contributed by atoms with van der Waals surface area (Å²) in [5.74, 6) is -0.965. The Morgan fingerprint density at radius 3 is 2.35 bits per heavy atom. The van der Waals surface area contributed by atoms with Gasteiger partial charge in [0.25, 0.3) is 0 Å². The van der Waals surface area contributed by atoms with Crippen molar-refractivity contribution in [2.75, 3.05) is 0 Å². The summed E-state index contributed by atoms with van der Waals surface area (Å²) in [7, 11) is 0. The lowest BCUT2D eigenvalue weighted by Gasteiger charge is -2.10. The minimum atomic E-state index is -0.965. The summed E-state index contributed by atoms with van der Waals surface area (Å²) in [4.78, 5) is 11.1. The van der Waals surface area contributed by atoms with E-state index < -0.39 is 5.97 Å². The summed E-state index contributed by atoms with van der Waals surface area (Å²) in [6, 6.07) is 4.07. The molecule has 88 valence electrons. The third-order valence-corrected chi connectivity index (χ3v) is 2.80. The molecule has 0 unspecified atom stereocenters. The first-order valence-corrected chi connectivity index (χ1v) is 5.35. The number of benzene rings is 1. The number of rotatable bonds is 2. The van der Waals surface area contributed by atoms with Crippen LogP contribution in [-0.2, 0) is 0 Å². The molecule has 0 fully saturated rings. The highest BCUT2D eigenvalue weighted by atomic mass is 16.4. The van der Waals surface area contributed by atoms with Crippen LogP contribution in [0.5, 0.6) is 0 Å². The summed E-state index contributed by atoms with van der Waals surface area (Å²) in [6.07, 6.45) is 1.34. The van der Waals surface area contributed by atoms with Crippen LogP contribution >= 0.6 is 0 Å². The van der Waals surface area contributed by atoms with Crippen molar-refractivity contribution in [1.82, 2.24) is 10.2 Å². The molecule has 0 spiro atoms. The topological polar surface area (TPSA) is 66.0 Å². The first-order chi connectivity index (χ1) is 8.00. The fourth-order valence-electron chi connectivity index (χ4n) is 2.21. The van der Waals surface area contributed by atoms with Gasteiger partial charge >= 0.3 is 5.97 Å². The highest BCUT2D eigenvalue weighted by Gasteiger charge is 2.17. The van der Waals surface area contributed by atoms with Gasteiger partial charge in [-0.25, -0.2) is 4.79 Å². The zero-order valence-corrected chi connectivity index (χ0v) is 10.0. The molecule has 2 N–H and O–H groups in total. The summed E-state index contributed by atoms with van der Waals surface area (Å²) >= 11 is 0. The second kappa shape index (κ2) is 4.05. The van der Waals surface area contributed by atoms with Crippen LogP contribution in [0.15, 0.2) is 18.3 Å². The average Bonchev–Trinajstić information content (AvgIpc) is 2.64. The van der Waals surface area contributed by atoms with Crippen molar-refractivity contribution in [3.63, 3.8) is 0 Å². The number of hydrogen-bond acceptors (Lipinski definition) is 2. The highest BCUT2D eigenvalue weighted by molar-refractivity contribution is 5.95. The van der Waals surface area contributed by atoms with Gasteiger partial charge < -0.3 is 5.11 Å². The van der Waals surface area contributed by atoms with Gasteiger partial charge in [-0.3, -0.25) is 5.10 Å². The number of carboxylic acids is 1. The molecule has 4 nitrogen and oxygen atoms in total. The van der Waals surface area contributed by atoms with E-state index in [0.29, 0.717) is 5.69 Å². The van der Waals surface area contributed by atoms with Crippen molar-refractivity contribution in [2.24, 2.45) is 0 Å². The van der Waals surface area contributed by atoms with E-state index in [9.17, 15) is 4.79 Å².